The monoisotopic (exact) mass is 222 g/mol. The van der Waals surface area contributed by atoms with Crippen LogP contribution in [0.3, 0.4) is 0 Å². The number of nitrogens with one attached hydrogen (secondary N) is 1. The van der Waals surface area contributed by atoms with Crippen LogP contribution in [0, 0.1) is 13.5 Å². The van der Waals surface area contributed by atoms with Gasteiger partial charge in [-0.25, -0.2) is 4.85 Å². The van der Waals surface area contributed by atoms with E-state index < -0.39 is 0 Å². The first-order valence-corrected chi connectivity index (χ1v) is 5.36. The van der Waals surface area contributed by atoms with Crippen molar-refractivity contribution in [3.8, 4) is 0 Å². The molecular weight excluding hydrogens is 212 g/mol. The number of H-pyrrole nitrogens is 1. The van der Waals surface area contributed by atoms with E-state index in [9.17, 15) is 0 Å². The van der Waals surface area contributed by atoms with E-state index in [1.54, 1.807) is 0 Å². The molecule has 2 aromatic rings. The number of aliphatic imine (C=N–C) groups is 1. The van der Waals surface area contributed by atoms with E-state index in [-0.39, 0.29) is 0 Å². The Morgan fingerprint density at radius 1 is 1.41 bits per heavy atom. The van der Waals surface area contributed by atoms with Gasteiger partial charge in [0.2, 0.25) is 0 Å². The van der Waals surface area contributed by atoms with Gasteiger partial charge < -0.3 is 0 Å². The van der Waals surface area contributed by atoms with Crippen LogP contribution >= 0.6 is 0 Å². The van der Waals surface area contributed by atoms with Crippen LogP contribution in [-0.4, -0.2) is 23.0 Å². The summed E-state index contributed by atoms with van der Waals surface area (Å²) in [6, 6.07) is 3.86. The minimum absolute atomic E-state index is 0.668. The lowest BCUT2D eigenvalue weighted by Gasteiger charge is -1.99. The molecule has 17 heavy (non-hydrogen) atoms. The smallest absolute Gasteiger partial charge is 0.192 e. The van der Waals surface area contributed by atoms with Crippen LogP contribution in [0.4, 0.5) is 5.69 Å². The highest BCUT2D eigenvalue weighted by atomic mass is 15.1. The number of aromatic nitrogens is 2. The van der Waals surface area contributed by atoms with Gasteiger partial charge in [-0.15, -0.1) is 0 Å². The highest BCUT2D eigenvalue weighted by molar-refractivity contribution is 6.15. The molecule has 0 aliphatic carbocycles. The van der Waals surface area contributed by atoms with E-state index in [4.69, 9.17) is 6.57 Å². The van der Waals surface area contributed by atoms with Crippen molar-refractivity contribution >= 4 is 28.4 Å². The highest BCUT2D eigenvalue weighted by Crippen LogP contribution is 2.29. The average Bonchev–Trinajstić information content (AvgIpc) is 2.95. The van der Waals surface area contributed by atoms with Crippen LogP contribution in [0.25, 0.3) is 21.3 Å². The largest absolute Gasteiger partial charge is 0.288 e. The quantitative estimate of drug-likeness (QED) is 0.741. The molecule has 0 unspecified atom stereocenters. The topological polar surface area (TPSA) is 45.4 Å². The second-order valence-corrected chi connectivity index (χ2v) is 4.02. The van der Waals surface area contributed by atoms with Crippen molar-refractivity contribution in [2.24, 2.45) is 4.99 Å². The minimum Gasteiger partial charge on any atom is -0.288 e. The lowest BCUT2D eigenvalue weighted by Crippen LogP contribution is -1.84. The van der Waals surface area contributed by atoms with Gasteiger partial charge in [0.25, 0.3) is 0 Å². The van der Waals surface area contributed by atoms with Gasteiger partial charge in [-0.3, -0.25) is 10.1 Å². The zero-order valence-corrected chi connectivity index (χ0v) is 9.36. The van der Waals surface area contributed by atoms with Gasteiger partial charge in [0.15, 0.2) is 5.69 Å². The summed E-state index contributed by atoms with van der Waals surface area (Å²) in [5.74, 6) is 0. The maximum atomic E-state index is 7.09. The fourth-order valence-corrected chi connectivity index (χ4v) is 2.01. The number of allylic oxidation sites excluding steroid dienone is 1. The van der Waals surface area contributed by atoms with Crippen LogP contribution in [-0.2, 0) is 0 Å². The Kier molecular flexibility index (Phi) is 2.05. The summed E-state index contributed by atoms with van der Waals surface area (Å²) >= 11 is 0. The molecule has 0 fully saturated rings. The number of benzene rings is 1. The molecule has 0 radical (unpaired) electrons. The van der Waals surface area contributed by atoms with Gasteiger partial charge in [-0.1, -0.05) is 12.1 Å². The second-order valence-electron chi connectivity index (χ2n) is 4.02. The van der Waals surface area contributed by atoms with Gasteiger partial charge in [0, 0.05) is 17.2 Å². The number of rotatable bonds is 1. The summed E-state index contributed by atoms with van der Waals surface area (Å²) in [6.07, 6.45) is 3.89. The average molecular weight is 222 g/mol. The molecule has 4 nitrogen and oxygen atoms in total. The van der Waals surface area contributed by atoms with Crippen LogP contribution < -0.4 is 0 Å². The maximum absolute atomic E-state index is 7.09. The standard InChI is InChI=1S/C13H10N4/c1-8-5-10-12(6-11(8)14-2)16-17-13(10)9-3-4-15-7-9/h3,5-7H,4H2,1H3,(H,16,17). The summed E-state index contributed by atoms with van der Waals surface area (Å²) in [5, 5.41) is 8.33. The Labute approximate surface area is 98.5 Å². The predicted octanol–water partition coefficient (Wildman–Crippen LogP) is 2.89. The molecule has 0 atom stereocenters. The van der Waals surface area contributed by atoms with Crippen LogP contribution in [0.2, 0.25) is 0 Å². The Hall–Kier alpha value is -2.41. The third-order valence-corrected chi connectivity index (χ3v) is 2.92. The third-order valence-electron chi connectivity index (χ3n) is 2.92. The molecule has 0 saturated carbocycles. The molecule has 3 rings (SSSR count). The van der Waals surface area contributed by atoms with Gasteiger partial charge in [-0.2, -0.15) is 5.10 Å². The van der Waals surface area contributed by atoms with Crippen LogP contribution in [0.5, 0.6) is 0 Å². The first-order valence-electron chi connectivity index (χ1n) is 5.36. The second kappa shape index (κ2) is 3.56. The number of aryl methyl sites for hydroxylation is 1. The van der Waals surface area contributed by atoms with E-state index in [1.807, 2.05) is 31.3 Å². The molecular formula is C13H10N4. The molecule has 0 bridgehead atoms. The van der Waals surface area contributed by atoms with Crippen LogP contribution in [0.1, 0.15) is 11.3 Å². The maximum Gasteiger partial charge on any atom is 0.192 e. The Morgan fingerprint density at radius 3 is 3.00 bits per heavy atom. The minimum atomic E-state index is 0.668. The van der Waals surface area contributed by atoms with Gasteiger partial charge in [-0.05, 0) is 18.6 Å². The normalized spacial score (nSPS) is 14.0. The molecule has 82 valence electrons. The Morgan fingerprint density at radius 2 is 2.29 bits per heavy atom. The summed E-state index contributed by atoms with van der Waals surface area (Å²) in [7, 11) is 0. The van der Waals surface area contributed by atoms with Crippen molar-refractivity contribution in [1.29, 1.82) is 0 Å². The van der Waals surface area contributed by atoms with E-state index in [1.165, 1.54) is 0 Å². The first-order chi connectivity index (χ1) is 8.29. The number of hydrogen-bond donors (Lipinski definition) is 1. The van der Waals surface area contributed by atoms with Crippen molar-refractivity contribution < 1.29 is 0 Å². The molecule has 0 spiro atoms. The highest BCUT2D eigenvalue weighted by Gasteiger charge is 2.12. The van der Waals surface area contributed by atoms with Gasteiger partial charge in [0.1, 0.15) is 5.69 Å². The Bertz CT molecular complexity index is 698. The number of nitrogens with zero attached hydrogens (tertiary/aromatic N) is 3. The van der Waals surface area contributed by atoms with E-state index in [0.29, 0.717) is 5.69 Å². The van der Waals surface area contributed by atoms with Crippen molar-refractivity contribution in [3.63, 3.8) is 0 Å². The van der Waals surface area contributed by atoms with E-state index in [0.717, 1.165) is 34.3 Å². The molecule has 4 heteroatoms. The lowest BCUT2D eigenvalue weighted by atomic mass is 10.1. The van der Waals surface area contributed by atoms with Crippen molar-refractivity contribution in [1.82, 2.24) is 10.2 Å². The Balaban J connectivity index is 2.26. The van der Waals surface area contributed by atoms with Crippen molar-refractivity contribution in [2.75, 3.05) is 6.54 Å². The summed E-state index contributed by atoms with van der Waals surface area (Å²) in [6.45, 7) is 9.76. The van der Waals surface area contributed by atoms with Gasteiger partial charge >= 0.3 is 0 Å². The molecule has 1 aliphatic rings. The molecule has 0 amide bonds. The SMILES string of the molecule is [C-]#[N+]c1cc2[nH]nc(C3=CCN=C3)c2cc1C. The zero-order chi connectivity index (χ0) is 11.8. The lowest BCUT2D eigenvalue weighted by molar-refractivity contribution is 1.10. The fraction of sp³-hybridized carbons (Fsp3) is 0.154. The molecule has 0 saturated heterocycles. The predicted molar refractivity (Wildman–Crippen MR) is 68.4 cm³/mol. The molecule has 1 N–H and O–H groups in total. The molecule has 1 aromatic carbocycles. The van der Waals surface area contributed by atoms with Crippen LogP contribution in [0.15, 0.2) is 23.2 Å². The molecule has 1 aromatic heterocycles. The summed E-state index contributed by atoms with van der Waals surface area (Å²) in [5.41, 5.74) is 4.51. The first kappa shape index (κ1) is 9.79. The zero-order valence-electron chi connectivity index (χ0n) is 9.36. The number of hydrogen-bond acceptors (Lipinski definition) is 2. The summed E-state index contributed by atoms with van der Waals surface area (Å²) in [4.78, 5) is 7.65. The van der Waals surface area contributed by atoms with E-state index in [2.05, 4.69) is 20.0 Å². The number of aromatic amines is 1. The van der Waals surface area contributed by atoms with Gasteiger partial charge in [0.05, 0.1) is 18.6 Å². The van der Waals surface area contributed by atoms with E-state index >= 15 is 0 Å². The number of fused-ring (bicyclic) bond motifs is 1. The summed E-state index contributed by atoms with van der Waals surface area (Å²) < 4.78 is 0. The third kappa shape index (κ3) is 1.44. The fourth-order valence-electron chi connectivity index (χ4n) is 2.01. The van der Waals surface area contributed by atoms with Crippen molar-refractivity contribution in [2.45, 2.75) is 6.92 Å². The molecule has 1 aliphatic heterocycles. The van der Waals surface area contributed by atoms with Crippen molar-refractivity contribution in [3.05, 3.63) is 40.9 Å². The molecule has 2 heterocycles.